The zero-order chi connectivity index (χ0) is 18.8. The minimum absolute atomic E-state index is 0.437. The predicted octanol–water partition coefficient (Wildman–Crippen LogP) is 3.78. The number of para-hydroxylation sites is 1. The lowest BCUT2D eigenvalue weighted by Gasteiger charge is -2.20. The minimum Gasteiger partial charge on any atom is -0.493 e. The Bertz CT molecular complexity index is 983. The van der Waals surface area contributed by atoms with Crippen LogP contribution in [0.15, 0.2) is 47.6 Å². The summed E-state index contributed by atoms with van der Waals surface area (Å²) in [6.45, 7) is 0. The van der Waals surface area contributed by atoms with Crippen molar-refractivity contribution in [2.75, 3.05) is 25.8 Å². The van der Waals surface area contributed by atoms with Gasteiger partial charge in [-0.15, -0.1) is 10.2 Å². The van der Waals surface area contributed by atoms with E-state index in [2.05, 4.69) is 20.5 Å². The van der Waals surface area contributed by atoms with E-state index >= 15 is 0 Å². The van der Waals surface area contributed by atoms with Crippen LogP contribution in [-0.2, 0) is 0 Å². The molecule has 1 aromatic heterocycles. The number of fused-ring (bicyclic) bond motifs is 3. The van der Waals surface area contributed by atoms with Crippen LogP contribution in [0.2, 0.25) is 0 Å². The van der Waals surface area contributed by atoms with Crippen molar-refractivity contribution in [1.29, 1.82) is 0 Å². The number of nitrogens with one attached hydrogen (secondary N) is 1. The van der Waals surface area contributed by atoms with E-state index in [9.17, 15) is 0 Å². The second-order valence-corrected chi connectivity index (χ2v) is 6.53. The molecular formula is C19H18N4O3S. The molecule has 8 heteroatoms. The monoisotopic (exact) mass is 382 g/mol. The Hall–Kier alpha value is -3.00. The van der Waals surface area contributed by atoms with Crippen molar-refractivity contribution in [3.8, 4) is 28.6 Å². The van der Waals surface area contributed by atoms with Crippen LogP contribution in [0.4, 0.5) is 5.69 Å². The SMILES string of the molecule is COc1ccc([C@@H]2Nc3ccccc3-c3nnc(SC)nc3O2)cc1OC. The Morgan fingerprint density at radius 3 is 2.63 bits per heavy atom. The predicted molar refractivity (Wildman–Crippen MR) is 104 cm³/mol. The maximum atomic E-state index is 6.21. The average Bonchev–Trinajstić information content (AvgIpc) is 2.89. The lowest BCUT2D eigenvalue weighted by Crippen LogP contribution is -2.17. The first-order chi connectivity index (χ1) is 13.2. The molecule has 1 aliphatic heterocycles. The van der Waals surface area contributed by atoms with Gasteiger partial charge in [0.25, 0.3) is 0 Å². The average molecular weight is 382 g/mol. The largest absolute Gasteiger partial charge is 0.493 e. The summed E-state index contributed by atoms with van der Waals surface area (Å²) >= 11 is 1.42. The molecule has 2 heterocycles. The topological polar surface area (TPSA) is 78.4 Å². The van der Waals surface area contributed by atoms with Gasteiger partial charge in [-0.25, -0.2) is 0 Å². The molecule has 2 aromatic carbocycles. The van der Waals surface area contributed by atoms with Crippen molar-refractivity contribution in [2.24, 2.45) is 0 Å². The van der Waals surface area contributed by atoms with Gasteiger partial charge in [0.15, 0.2) is 23.4 Å². The maximum Gasteiger partial charge on any atom is 0.247 e. The Morgan fingerprint density at radius 1 is 1.04 bits per heavy atom. The van der Waals surface area contributed by atoms with E-state index in [0.717, 1.165) is 16.8 Å². The number of anilines is 1. The number of aromatic nitrogens is 3. The fourth-order valence-corrected chi connectivity index (χ4v) is 3.20. The molecule has 7 nitrogen and oxygen atoms in total. The summed E-state index contributed by atoms with van der Waals surface area (Å²) in [6.07, 6.45) is 1.43. The fourth-order valence-electron chi connectivity index (χ4n) is 2.90. The van der Waals surface area contributed by atoms with Gasteiger partial charge in [-0.2, -0.15) is 4.98 Å². The number of benzene rings is 2. The third-order valence-electron chi connectivity index (χ3n) is 4.23. The second-order valence-electron chi connectivity index (χ2n) is 5.75. The van der Waals surface area contributed by atoms with Crippen LogP contribution in [0.3, 0.4) is 0 Å². The smallest absolute Gasteiger partial charge is 0.247 e. The number of thioether (sulfide) groups is 1. The zero-order valence-electron chi connectivity index (χ0n) is 15.1. The molecule has 0 aliphatic carbocycles. The molecule has 138 valence electrons. The summed E-state index contributed by atoms with van der Waals surface area (Å²) in [7, 11) is 3.21. The van der Waals surface area contributed by atoms with E-state index in [-0.39, 0.29) is 0 Å². The van der Waals surface area contributed by atoms with Gasteiger partial charge in [0.2, 0.25) is 11.0 Å². The first-order valence-electron chi connectivity index (χ1n) is 8.26. The summed E-state index contributed by atoms with van der Waals surface area (Å²) in [5.74, 6) is 1.72. The molecule has 3 aromatic rings. The van der Waals surface area contributed by atoms with Gasteiger partial charge in [0, 0.05) is 16.8 Å². The van der Waals surface area contributed by atoms with E-state index in [1.54, 1.807) is 14.2 Å². The van der Waals surface area contributed by atoms with Gasteiger partial charge in [-0.05, 0) is 30.5 Å². The summed E-state index contributed by atoms with van der Waals surface area (Å²) in [5, 5.41) is 12.5. The number of rotatable bonds is 4. The quantitative estimate of drug-likeness (QED) is 0.683. The lowest BCUT2D eigenvalue weighted by atomic mass is 10.1. The van der Waals surface area contributed by atoms with Crippen LogP contribution < -0.4 is 19.5 Å². The van der Waals surface area contributed by atoms with Gasteiger partial charge < -0.3 is 19.5 Å². The molecule has 0 saturated heterocycles. The molecule has 4 rings (SSSR count). The van der Waals surface area contributed by atoms with Crippen LogP contribution >= 0.6 is 11.8 Å². The van der Waals surface area contributed by atoms with Gasteiger partial charge in [-0.1, -0.05) is 30.0 Å². The highest BCUT2D eigenvalue weighted by Crippen LogP contribution is 2.40. The van der Waals surface area contributed by atoms with Crippen molar-refractivity contribution in [3.63, 3.8) is 0 Å². The Balaban J connectivity index is 1.82. The molecule has 0 radical (unpaired) electrons. The van der Waals surface area contributed by atoms with E-state index in [1.807, 2.05) is 48.7 Å². The maximum absolute atomic E-state index is 6.21. The zero-order valence-corrected chi connectivity index (χ0v) is 15.9. The summed E-state index contributed by atoms with van der Waals surface area (Å²) < 4.78 is 17.0. The number of nitrogens with zero attached hydrogens (tertiary/aromatic N) is 3. The van der Waals surface area contributed by atoms with Crippen LogP contribution in [0.5, 0.6) is 17.4 Å². The molecular weight excluding hydrogens is 364 g/mol. The van der Waals surface area contributed by atoms with Crippen LogP contribution in [0, 0.1) is 0 Å². The van der Waals surface area contributed by atoms with Crippen LogP contribution in [-0.4, -0.2) is 35.7 Å². The van der Waals surface area contributed by atoms with Crippen molar-refractivity contribution < 1.29 is 14.2 Å². The highest BCUT2D eigenvalue weighted by atomic mass is 32.2. The molecule has 0 saturated carbocycles. The third kappa shape index (κ3) is 3.23. The highest BCUT2D eigenvalue weighted by molar-refractivity contribution is 7.98. The number of methoxy groups -OCH3 is 2. The molecule has 0 fully saturated rings. The first kappa shape index (κ1) is 17.4. The standard InChI is InChI=1S/C19H18N4O3S/c1-24-14-9-8-11(10-15(14)25-2)17-20-13-7-5-4-6-12(13)16-18(26-17)21-19(27-3)23-22-16/h4-10,17,20H,1-3H3/t17-/m1/s1. The summed E-state index contributed by atoms with van der Waals surface area (Å²) in [5.41, 5.74) is 3.27. The van der Waals surface area contributed by atoms with Crippen LogP contribution in [0.25, 0.3) is 11.3 Å². The van der Waals surface area contributed by atoms with E-state index < -0.39 is 6.23 Å². The fraction of sp³-hybridized carbons (Fsp3) is 0.211. The number of hydrogen-bond donors (Lipinski definition) is 1. The Morgan fingerprint density at radius 2 is 1.85 bits per heavy atom. The van der Waals surface area contributed by atoms with Crippen molar-refractivity contribution in [1.82, 2.24) is 15.2 Å². The van der Waals surface area contributed by atoms with Crippen LogP contribution in [0.1, 0.15) is 11.8 Å². The third-order valence-corrected chi connectivity index (χ3v) is 4.76. The van der Waals surface area contributed by atoms with E-state index in [4.69, 9.17) is 14.2 Å². The van der Waals surface area contributed by atoms with Crippen molar-refractivity contribution >= 4 is 17.4 Å². The molecule has 27 heavy (non-hydrogen) atoms. The molecule has 1 atom stereocenters. The van der Waals surface area contributed by atoms with Gasteiger partial charge >= 0.3 is 0 Å². The number of ether oxygens (including phenoxy) is 3. The molecule has 1 N–H and O–H groups in total. The molecule has 0 bridgehead atoms. The normalized spacial score (nSPS) is 14.9. The van der Waals surface area contributed by atoms with Gasteiger partial charge in [0.1, 0.15) is 0 Å². The van der Waals surface area contributed by atoms with Crippen molar-refractivity contribution in [2.45, 2.75) is 11.4 Å². The molecule has 0 spiro atoms. The molecule has 1 aliphatic rings. The van der Waals surface area contributed by atoms with Crippen molar-refractivity contribution in [3.05, 3.63) is 48.0 Å². The lowest BCUT2D eigenvalue weighted by molar-refractivity contribution is 0.224. The van der Waals surface area contributed by atoms with Gasteiger partial charge in [-0.3, -0.25) is 0 Å². The van der Waals surface area contributed by atoms with E-state index in [1.165, 1.54) is 11.8 Å². The Labute approximate surface area is 161 Å². The molecule has 0 unspecified atom stereocenters. The molecule has 0 amide bonds. The second kappa shape index (κ2) is 7.32. The Kier molecular flexibility index (Phi) is 4.72. The highest BCUT2D eigenvalue weighted by Gasteiger charge is 2.26. The minimum atomic E-state index is -0.474. The first-order valence-corrected chi connectivity index (χ1v) is 9.49. The summed E-state index contributed by atoms with van der Waals surface area (Å²) in [4.78, 5) is 4.51. The number of hydrogen-bond acceptors (Lipinski definition) is 8. The summed E-state index contributed by atoms with van der Waals surface area (Å²) in [6, 6.07) is 13.5. The van der Waals surface area contributed by atoms with Gasteiger partial charge in [0.05, 0.1) is 14.2 Å². The van der Waals surface area contributed by atoms with E-state index in [0.29, 0.717) is 28.2 Å².